The molecule has 2 aliphatic heterocycles. The monoisotopic (exact) mass is 1250 g/mol. The van der Waals surface area contributed by atoms with E-state index >= 15 is 14.4 Å². The van der Waals surface area contributed by atoms with E-state index in [1.165, 1.54) is 51.1 Å². The predicted molar refractivity (Wildman–Crippen MR) is 351 cm³/mol. The van der Waals surface area contributed by atoms with Gasteiger partial charge in [0.15, 0.2) is 22.4 Å². The average Bonchev–Trinajstić information content (AvgIpc) is 1.10. The molecule has 2 atom stereocenters. The van der Waals surface area contributed by atoms with Crippen LogP contribution in [-0.4, -0.2) is 50.5 Å². The van der Waals surface area contributed by atoms with Crippen LogP contribution in [0.15, 0.2) is 285 Å². The number of carbonyl (C=O) groups is 3. The lowest BCUT2D eigenvalue weighted by Gasteiger charge is -2.49. The number of thiazole rings is 1. The predicted octanol–water partition coefficient (Wildman–Crippen LogP) is 15.3. The third-order valence-corrected chi connectivity index (χ3v) is 21.1. The van der Waals surface area contributed by atoms with Crippen LogP contribution in [0, 0.1) is 0 Å². The lowest BCUT2D eigenvalue weighted by atomic mass is 9.77. The van der Waals surface area contributed by atoms with Crippen molar-refractivity contribution in [1.29, 1.82) is 0 Å². The van der Waals surface area contributed by atoms with Gasteiger partial charge in [0, 0.05) is 33.4 Å². The Hall–Kier alpha value is -8.87. The van der Waals surface area contributed by atoms with Gasteiger partial charge >= 0.3 is 5.97 Å². The number of carbonyl (C=O) groups excluding carboxylic acids is 3. The lowest BCUT2D eigenvalue weighted by Crippen LogP contribution is -2.71. The van der Waals surface area contributed by atoms with Crippen LogP contribution in [0.25, 0.3) is 9.40 Å². The number of nitrogens with zero attached hydrogens (tertiary/aromatic N) is 3. The van der Waals surface area contributed by atoms with E-state index in [1.807, 2.05) is 218 Å². The minimum Gasteiger partial charge on any atom is -0.448 e. The van der Waals surface area contributed by atoms with Crippen molar-refractivity contribution in [2.24, 2.45) is 5.16 Å². The molecule has 2 N–H and O–H groups in total. The molecule has 0 saturated carbocycles. The maximum Gasteiger partial charge on any atom is 0.356 e. The highest BCUT2D eigenvalue weighted by molar-refractivity contribution is 8.07. The van der Waals surface area contributed by atoms with Crippen LogP contribution in [0.3, 0.4) is 0 Å². The van der Waals surface area contributed by atoms with Crippen molar-refractivity contribution in [1.82, 2.24) is 15.2 Å². The molecule has 2 amide bonds. The smallest absolute Gasteiger partial charge is 0.356 e. The van der Waals surface area contributed by atoms with E-state index in [9.17, 15) is 4.79 Å². The summed E-state index contributed by atoms with van der Waals surface area (Å²) in [5, 5.41) is 13.2. The molecule has 0 radical (unpaired) electrons. The second kappa shape index (κ2) is 25.2. The number of ether oxygens (including phenoxy) is 1. The molecule has 87 heavy (non-hydrogen) atoms. The highest BCUT2D eigenvalue weighted by atomic mass is 35.5. The molecular weight excluding hydrogens is 1200 g/mol. The fourth-order valence-corrected chi connectivity index (χ4v) is 17.0. The van der Waals surface area contributed by atoms with Crippen molar-refractivity contribution in [3.63, 3.8) is 0 Å². The highest BCUT2D eigenvalue weighted by Crippen LogP contribution is 2.49. The molecule has 428 valence electrons. The summed E-state index contributed by atoms with van der Waals surface area (Å²) in [6, 6.07) is 80.1. The molecule has 2 aliphatic rings. The first-order valence-corrected chi connectivity index (χ1v) is 32.5. The first kappa shape index (κ1) is 57.2. The van der Waals surface area contributed by atoms with Crippen LogP contribution in [0.2, 0.25) is 4.34 Å². The van der Waals surface area contributed by atoms with Gasteiger partial charge in [0.05, 0.1) is 13.6 Å². The fourth-order valence-electron chi connectivity index (χ4n) is 11.1. The van der Waals surface area contributed by atoms with Gasteiger partial charge in [-0.05, 0) is 39.3 Å². The van der Waals surface area contributed by atoms with E-state index in [2.05, 4.69) is 47.0 Å². The van der Waals surface area contributed by atoms with E-state index in [0.29, 0.717) is 35.6 Å². The zero-order valence-electron chi connectivity index (χ0n) is 46.0. The normalized spacial score (nSPS) is 15.2. The Balaban J connectivity index is 0.909. The van der Waals surface area contributed by atoms with Crippen LogP contribution in [0.5, 0.6) is 0 Å². The van der Waals surface area contributed by atoms with E-state index < -0.39 is 46.4 Å². The second-order valence-corrected chi connectivity index (χ2v) is 26.4. The third kappa shape index (κ3) is 11.2. The van der Waals surface area contributed by atoms with E-state index in [0.717, 1.165) is 43.9 Å². The van der Waals surface area contributed by atoms with Gasteiger partial charge in [0.25, 0.3) is 11.8 Å². The summed E-state index contributed by atoms with van der Waals surface area (Å²) in [6.45, 7) is 0. The molecule has 11 aromatic rings. The zero-order valence-corrected chi connectivity index (χ0v) is 50.8. The number of amides is 2. The second-order valence-electron chi connectivity index (χ2n) is 20.3. The molecule has 5 heterocycles. The van der Waals surface area contributed by atoms with Crippen molar-refractivity contribution in [2.45, 2.75) is 32.9 Å². The molecule has 11 nitrogen and oxygen atoms in total. The number of oxime groups is 1. The number of rotatable bonds is 19. The maximum absolute atomic E-state index is 15.8. The first-order chi connectivity index (χ1) is 42.7. The molecule has 17 heteroatoms. The van der Waals surface area contributed by atoms with Crippen molar-refractivity contribution >= 4 is 107 Å². The lowest BCUT2D eigenvalue weighted by molar-refractivity contribution is -0.154. The number of halogens is 1. The van der Waals surface area contributed by atoms with Crippen molar-refractivity contribution in [2.75, 3.05) is 11.1 Å². The molecule has 13 rings (SSSR count). The number of hydrogen-bond donors (Lipinski definition) is 2. The van der Waals surface area contributed by atoms with E-state index in [-0.39, 0.29) is 32.6 Å². The summed E-state index contributed by atoms with van der Waals surface area (Å²) in [6.07, 6.45) is -0.842. The molecule has 1 fully saturated rings. The number of fused-ring (bicyclic) bond motifs is 2. The van der Waals surface area contributed by atoms with Gasteiger partial charge in [-0.25, -0.2) is 9.78 Å². The Morgan fingerprint density at radius 3 is 1.60 bits per heavy atom. The van der Waals surface area contributed by atoms with Crippen molar-refractivity contribution < 1.29 is 24.0 Å². The fraction of sp³-hybridized carbons (Fsp3) is 0.0857. The molecule has 0 spiro atoms. The molecule has 0 bridgehead atoms. The number of nitrogens with one attached hydrogen (secondary N) is 2. The Labute approximate surface area is 527 Å². The Kier molecular flexibility index (Phi) is 16.6. The largest absolute Gasteiger partial charge is 0.448 e. The molecule has 1 saturated heterocycles. The summed E-state index contributed by atoms with van der Waals surface area (Å²) < 4.78 is 8.73. The Bertz CT molecular complexity index is 4160. The van der Waals surface area contributed by atoms with Gasteiger partial charge in [-0.1, -0.05) is 283 Å². The van der Waals surface area contributed by atoms with Gasteiger partial charge in [-0.2, -0.15) is 0 Å². The SMILES string of the molecule is O=C(OC(c1ccccc1)c1ccccc1)C1=C(Sc2cc(=O)c3sccc3s2)CS[C@@H]2C(NC(=O)/C(=N\OC(c3ccccc3)(c3ccccc3)c3ccccc3)c3nc(NC(c4ccccc4)(c4ccccc4)c4ccccc4)sc3Cl)C(=O)N12. The summed E-state index contributed by atoms with van der Waals surface area (Å²) in [5.41, 5.74) is 3.42. The van der Waals surface area contributed by atoms with Crippen molar-refractivity contribution in [3.8, 4) is 0 Å². The van der Waals surface area contributed by atoms with Crippen molar-refractivity contribution in [3.05, 3.63) is 336 Å². The third-order valence-electron chi connectivity index (χ3n) is 15.1. The Morgan fingerprint density at radius 2 is 1.10 bits per heavy atom. The van der Waals surface area contributed by atoms with Gasteiger partial charge < -0.3 is 20.2 Å². The number of thioether (sulfide) groups is 2. The van der Waals surface area contributed by atoms with Gasteiger partial charge in [-0.3, -0.25) is 19.3 Å². The molecule has 0 aliphatic carbocycles. The standard InChI is InChI=1S/C70H50ClN5O6S5/c71-63-57(73-68(87-63)74-69(47-29-13-3-14-30-47,48-31-15-4-16-32-48)49-33-17-5-18-34-49)58(75-82-70(50-35-19-6-20-36-50,51-37-21-7-22-38-51)52-39-23-8-24-40-52)64(78)72-59-65(79)76-60(67(80)81-61(45-25-9-1-10-26-45)46-27-11-2-12-28-46)55(44-84-66(59)76)86-56-43-53(77)62-54(85-56)41-42-83-62/h1-43,59,61,66H,44H2,(H,72,78)(H,73,74)/b75-58-/t59?,66-/m1/s1. The van der Waals surface area contributed by atoms with Crippen LogP contribution in [0.4, 0.5) is 5.13 Å². The number of thiophene rings is 1. The molecule has 8 aromatic carbocycles. The zero-order chi connectivity index (χ0) is 59.3. The minimum absolute atomic E-state index is 0.00920. The topological polar surface area (TPSA) is 139 Å². The number of esters is 1. The maximum atomic E-state index is 15.8. The minimum atomic E-state index is -1.45. The number of hydrogen-bond acceptors (Lipinski definition) is 14. The summed E-state index contributed by atoms with van der Waals surface area (Å²) >= 11 is 14.0. The van der Waals surface area contributed by atoms with Gasteiger partial charge in [-0.15, -0.1) is 34.4 Å². The van der Waals surface area contributed by atoms with Crippen LogP contribution >= 0.6 is 69.1 Å². The Morgan fingerprint density at radius 1 is 0.632 bits per heavy atom. The molecular formula is C70H50ClN5O6S5. The number of aromatic nitrogens is 1. The first-order valence-electron chi connectivity index (χ1n) is 27.7. The number of anilines is 1. The number of β-lactam (4-membered cyclic amide) rings is 1. The summed E-state index contributed by atoms with van der Waals surface area (Å²) in [7, 11) is 0. The molecule has 1 unspecified atom stereocenters. The molecule has 3 aromatic heterocycles. The summed E-state index contributed by atoms with van der Waals surface area (Å²) in [4.78, 5) is 73.7. The van der Waals surface area contributed by atoms with E-state index in [4.69, 9.17) is 31.3 Å². The van der Waals surface area contributed by atoms with Gasteiger partial charge in [0.2, 0.25) is 5.60 Å². The average molecular weight is 1250 g/mol. The van der Waals surface area contributed by atoms with Crippen LogP contribution < -0.4 is 16.1 Å². The van der Waals surface area contributed by atoms with Crippen LogP contribution in [0.1, 0.15) is 56.3 Å². The number of benzene rings is 8. The summed E-state index contributed by atoms with van der Waals surface area (Å²) in [5.74, 6) is -1.90. The van der Waals surface area contributed by atoms with Gasteiger partial charge in [0.1, 0.15) is 32.7 Å². The quantitative estimate of drug-likeness (QED) is 0.0264. The highest BCUT2D eigenvalue weighted by Gasteiger charge is 2.55. The van der Waals surface area contributed by atoms with Crippen LogP contribution in [-0.2, 0) is 35.1 Å². The van der Waals surface area contributed by atoms with E-state index in [1.54, 1.807) is 6.07 Å².